The van der Waals surface area contributed by atoms with Gasteiger partial charge in [-0.3, -0.25) is 9.59 Å². The number of aliphatic hydroxyl groups is 2. The molecule has 272 valence electrons. The second kappa shape index (κ2) is 21.2. The number of rotatable bonds is 22. The molecule has 0 aliphatic rings. The number of ether oxygens (including phenoxy) is 5. The van der Waals surface area contributed by atoms with E-state index >= 15 is 0 Å². The summed E-state index contributed by atoms with van der Waals surface area (Å²) >= 11 is 0. The Morgan fingerprint density at radius 3 is 1.22 bits per heavy atom. The lowest BCUT2D eigenvalue weighted by molar-refractivity contribution is 0.0280. The van der Waals surface area contributed by atoms with Crippen LogP contribution in [-0.4, -0.2) is 110 Å². The quantitative estimate of drug-likeness (QED) is 0.109. The van der Waals surface area contributed by atoms with E-state index in [1.165, 1.54) is 9.80 Å². The topological polar surface area (TPSA) is 127 Å². The maximum absolute atomic E-state index is 13.5. The first-order chi connectivity index (χ1) is 24.9. The van der Waals surface area contributed by atoms with Crippen LogP contribution in [0.4, 0.5) is 0 Å². The molecule has 2 N–H and O–H groups in total. The minimum atomic E-state index is -0.990. The van der Waals surface area contributed by atoms with Crippen molar-refractivity contribution in [3.63, 3.8) is 0 Å². The molecule has 4 aromatic carbocycles. The van der Waals surface area contributed by atoms with Crippen LogP contribution in [0.2, 0.25) is 0 Å². The summed E-state index contributed by atoms with van der Waals surface area (Å²) in [6.45, 7) is 5.26. The Balaban J connectivity index is 1.34. The van der Waals surface area contributed by atoms with Crippen LogP contribution in [0.1, 0.15) is 34.6 Å². The molecular formula is C40H48N2O9. The van der Waals surface area contributed by atoms with Gasteiger partial charge in [0.1, 0.15) is 25.4 Å². The lowest BCUT2D eigenvalue weighted by Gasteiger charge is -2.27. The lowest BCUT2D eigenvalue weighted by Crippen LogP contribution is -2.43. The van der Waals surface area contributed by atoms with Crippen LogP contribution in [-0.2, 0) is 4.74 Å². The Hall–Kier alpha value is -5.10. The maximum atomic E-state index is 13.5. The van der Waals surface area contributed by atoms with E-state index < -0.39 is 12.2 Å². The molecule has 0 aliphatic carbocycles. The van der Waals surface area contributed by atoms with Crippen molar-refractivity contribution in [2.75, 3.05) is 65.8 Å². The van der Waals surface area contributed by atoms with Crippen molar-refractivity contribution in [2.24, 2.45) is 0 Å². The molecule has 4 aromatic rings. The van der Waals surface area contributed by atoms with Gasteiger partial charge in [-0.15, -0.1) is 0 Å². The molecular weight excluding hydrogens is 652 g/mol. The number of amides is 2. The largest absolute Gasteiger partial charge is 0.490 e. The van der Waals surface area contributed by atoms with E-state index in [0.29, 0.717) is 47.3 Å². The normalized spacial score (nSPS) is 12.0. The van der Waals surface area contributed by atoms with E-state index in [1.54, 1.807) is 72.8 Å². The van der Waals surface area contributed by atoms with E-state index in [9.17, 15) is 19.8 Å². The predicted octanol–water partition coefficient (Wildman–Crippen LogP) is 4.97. The molecule has 0 aromatic heterocycles. The zero-order chi connectivity index (χ0) is 36.3. The third kappa shape index (κ3) is 12.6. The van der Waals surface area contributed by atoms with Gasteiger partial charge in [0.2, 0.25) is 0 Å². The van der Waals surface area contributed by atoms with Gasteiger partial charge in [-0.25, -0.2) is 0 Å². The highest BCUT2D eigenvalue weighted by molar-refractivity contribution is 5.94. The molecule has 0 saturated carbocycles. The van der Waals surface area contributed by atoms with Crippen molar-refractivity contribution in [3.05, 3.63) is 120 Å². The molecule has 4 rings (SSSR count). The Morgan fingerprint density at radius 1 is 0.529 bits per heavy atom. The molecule has 2 atom stereocenters. The molecule has 0 spiro atoms. The zero-order valence-electron chi connectivity index (χ0n) is 29.3. The van der Waals surface area contributed by atoms with E-state index in [4.69, 9.17) is 23.7 Å². The second-order valence-electron chi connectivity index (χ2n) is 11.5. The summed E-state index contributed by atoms with van der Waals surface area (Å²) in [5.74, 6) is 1.63. The number of hydrogen-bond acceptors (Lipinski definition) is 9. The first kappa shape index (κ1) is 38.7. The van der Waals surface area contributed by atoms with E-state index in [2.05, 4.69) is 0 Å². The second-order valence-corrected chi connectivity index (χ2v) is 11.5. The van der Waals surface area contributed by atoms with Gasteiger partial charge in [0.15, 0.2) is 23.0 Å². The van der Waals surface area contributed by atoms with Crippen LogP contribution in [0.3, 0.4) is 0 Å². The predicted molar refractivity (Wildman–Crippen MR) is 194 cm³/mol. The monoisotopic (exact) mass is 700 g/mol. The average molecular weight is 701 g/mol. The van der Waals surface area contributed by atoms with Crippen molar-refractivity contribution >= 4 is 11.8 Å². The molecule has 0 bridgehead atoms. The van der Waals surface area contributed by atoms with Gasteiger partial charge in [0.25, 0.3) is 11.8 Å². The van der Waals surface area contributed by atoms with Crippen molar-refractivity contribution in [2.45, 2.75) is 26.1 Å². The fourth-order valence-electron chi connectivity index (χ4n) is 5.20. The summed E-state index contributed by atoms with van der Waals surface area (Å²) < 4.78 is 28.8. The number of carbonyl (C=O) groups is 2. The third-order valence-electron chi connectivity index (χ3n) is 7.65. The summed E-state index contributed by atoms with van der Waals surface area (Å²) in [4.78, 5) is 29.9. The first-order valence-corrected chi connectivity index (χ1v) is 17.2. The number of benzene rings is 4. The summed E-state index contributed by atoms with van der Waals surface area (Å²) in [7, 11) is 0. The van der Waals surface area contributed by atoms with Gasteiger partial charge in [-0.2, -0.15) is 0 Å². The van der Waals surface area contributed by atoms with Crippen LogP contribution < -0.4 is 18.9 Å². The lowest BCUT2D eigenvalue weighted by atomic mass is 10.2. The molecule has 2 unspecified atom stereocenters. The van der Waals surface area contributed by atoms with Crippen LogP contribution in [0.25, 0.3) is 0 Å². The molecule has 0 heterocycles. The van der Waals surface area contributed by atoms with Gasteiger partial charge >= 0.3 is 0 Å². The minimum absolute atomic E-state index is 0.00508. The Morgan fingerprint density at radius 2 is 0.863 bits per heavy atom. The Bertz CT molecular complexity index is 1490. The number of para-hydroxylation sites is 4. The van der Waals surface area contributed by atoms with Gasteiger partial charge in [-0.05, 0) is 62.4 Å². The number of hydrogen-bond donors (Lipinski definition) is 2. The highest BCUT2D eigenvalue weighted by Crippen LogP contribution is 2.27. The Labute approximate surface area is 299 Å². The number of aliphatic hydroxyl groups excluding tert-OH is 2. The van der Waals surface area contributed by atoms with Crippen molar-refractivity contribution < 1.29 is 43.5 Å². The highest BCUT2D eigenvalue weighted by atomic mass is 16.5. The van der Waals surface area contributed by atoms with E-state index in [1.807, 2.05) is 50.2 Å². The molecule has 51 heavy (non-hydrogen) atoms. The van der Waals surface area contributed by atoms with Crippen molar-refractivity contribution in [1.29, 1.82) is 0 Å². The molecule has 0 radical (unpaired) electrons. The third-order valence-corrected chi connectivity index (χ3v) is 7.65. The van der Waals surface area contributed by atoms with Crippen molar-refractivity contribution in [1.82, 2.24) is 9.80 Å². The van der Waals surface area contributed by atoms with Gasteiger partial charge in [0.05, 0.1) is 39.5 Å². The summed E-state index contributed by atoms with van der Waals surface area (Å²) in [5.41, 5.74) is 0.957. The fourth-order valence-corrected chi connectivity index (χ4v) is 5.20. The summed E-state index contributed by atoms with van der Waals surface area (Å²) in [5, 5.41) is 21.8. The highest BCUT2D eigenvalue weighted by Gasteiger charge is 2.22. The molecule has 0 fully saturated rings. The van der Waals surface area contributed by atoms with Crippen LogP contribution in [0.5, 0.6) is 23.0 Å². The smallest absolute Gasteiger partial charge is 0.254 e. The number of carbonyl (C=O) groups excluding carboxylic acids is 2. The maximum Gasteiger partial charge on any atom is 0.254 e. The van der Waals surface area contributed by atoms with Gasteiger partial charge < -0.3 is 43.7 Å². The molecule has 2 amide bonds. The standard InChI is InChI=1S/C40H48N2O9/c1-3-48-35-19-11-13-21-37(35)50-29-33(43)27-41(39(45)31-15-7-5-8-16-31)23-25-47-26-24-42(40(46)32-17-9-6-10-18-32)28-34(44)30-51-38-22-14-12-20-36(38)49-4-2/h5-22,33-34,43-44H,3-4,23-30H2,1-2H3. The minimum Gasteiger partial charge on any atom is -0.490 e. The van der Waals surface area contributed by atoms with Crippen LogP contribution in [0, 0.1) is 0 Å². The zero-order valence-corrected chi connectivity index (χ0v) is 29.3. The number of nitrogens with zero attached hydrogens (tertiary/aromatic N) is 2. The van der Waals surface area contributed by atoms with Crippen molar-refractivity contribution in [3.8, 4) is 23.0 Å². The first-order valence-electron chi connectivity index (χ1n) is 17.2. The molecule has 0 saturated heterocycles. The average Bonchev–Trinajstić information content (AvgIpc) is 3.16. The van der Waals surface area contributed by atoms with E-state index in [-0.39, 0.29) is 64.4 Å². The summed E-state index contributed by atoms with van der Waals surface area (Å²) in [6, 6.07) is 32.1. The van der Waals surface area contributed by atoms with Crippen LogP contribution in [0.15, 0.2) is 109 Å². The van der Waals surface area contributed by atoms with Gasteiger partial charge in [0, 0.05) is 24.2 Å². The van der Waals surface area contributed by atoms with Crippen LogP contribution >= 0.6 is 0 Å². The molecule has 11 nitrogen and oxygen atoms in total. The molecule has 0 aliphatic heterocycles. The Kier molecular flexibility index (Phi) is 16.1. The van der Waals surface area contributed by atoms with E-state index in [0.717, 1.165) is 0 Å². The SMILES string of the molecule is CCOc1ccccc1OCC(O)CN(CCOCCN(CC(O)COc1ccccc1OCC)C(=O)c1ccccc1)C(=O)c1ccccc1. The van der Waals surface area contributed by atoms with Gasteiger partial charge in [-0.1, -0.05) is 60.7 Å². The molecule has 11 heteroatoms. The fraction of sp³-hybridized carbons (Fsp3) is 0.350. The summed E-state index contributed by atoms with van der Waals surface area (Å²) in [6.07, 6.45) is -1.98.